The SMILES string of the molecule is CCCn1cc(N)cc1C(=O)NCc1ccc(Br)cc1. The van der Waals surface area contributed by atoms with Crippen LogP contribution in [0.3, 0.4) is 0 Å². The monoisotopic (exact) mass is 335 g/mol. The molecule has 3 N–H and O–H groups in total. The molecule has 0 atom stereocenters. The molecule has 0 saturated heterocycles. The first-order chi connectivity index (χ1) is 9.60. The first-order valence-corrected chi connectivity index (χ1v) is 7.37. The average Bonchev–Trinajstić information content (AvgIpc) is 2.79. The maximum atomic E-state index is 12.2. The van der Waals surface area contributed by atoms with Crippen LogP contribution in [0.1, 0.15) is 29.4 Å². The van der Waals surface area contributed by atoms with Gasteiger partial charge >= 0.3 is 0 Å². The minimum atomic E-state index is -0.0990. The third kappa shape index (κ3) is 3.63. The van der Waals surface area contributed by atoms with E-state index in [2.05, 4.69) is 28.2 Å². The highest BCUT2D eigenvalue weighted by molar-refractivity contribution is 9.10. The Balaban J connectivity index is 2.03. The summed E-state index contributed by atoms with van der Waals surface area (Å²) in [6.45, 7) is 3.36. The largest absolute Gasteiger partial charge is 0.397 e. The van der Waals surface area contributed by atoms with E-state index < -0.39 is 0 Å². The number of carbonyl (C=O) groups excluding carboxylic acids is 1. The third-order valence-corrected chi connectivity index (χ3v) is 3.51. The Bertz CT molecular complexity index is 590. The van der Waals surface area contributed by atoms with Gasteiger partial charge in [-0.1, -0.05) is 35.0 Å². The Morgan fingerprint density at radius 3 is 2.70 bits per heavy atom. The summed E-state index contributed by atoms with van der Waals surface area (Å²) in [5.74, 6) is -0.0990. The molecule has 0 aliphatic heterocycles. The van der Waals surface area contributed by atoms with Crippen LogP contribution in [0.5, 0.6) is 0 Å². The first kappa shape index (κ1) is 14.7. The number of rotatable bonds is 5. The highest BCUT2D eigenvalue weighted by Gasteiger charge is 2.12. The lowest BCUT2D eigenvalue weighted by Crippen LogP contribution is -2.25. The summed E-state index contributed by atoms with van der Waals surface area (Å²) < 4.78 is 2.92. The molecule has 1 amide bonds. The van der Waals surface area contributed by atoms with Crippen LogP contribution < -0.4 is 11.1 Å². The lowest BCUT2D eigenvalue weighted by molar-refractivity contribution is 0.0941. The molecule has 5 heteroatoms. The molecule has 4 nitrogen and oxygen atoms in total. The fourth-order valence-electron chi connectivity index (χ4n) is 2.02. The number of aryl methyl sites for hydroxylation is 1. The molecule has 0 fully saturated rings. The smallest absolute Gasteiger partial charge is 0.268 e. The quantitative estimate of drug-likeness (QED) is 0.881. The normalized spacial score (nSPS) is 10.5. The first-order valence-electron chi connectivity index (χ1n) is 6.58. The molecule has 0 radical (unpaired) electrons. The number of aromatic nitrogens is 1. The van der Waals surface area contributed by atoms with Crippen LogP contribution in [0.2, 0.25) is 0 Å². The van der Waals surface area contributed by atoms with E-state index in [1.165, 1.54) is 0 Å². The van der Waals surface area contributed by atoms with E-state index in [1.54, 1.807) is 12.3 Å². The van der Waals surface area contributed by atoms with E-state index in [0.29, 0.717) is 17.9 Å². The van der Waals surface area contributed by atoms with E-state index in [-0.39, 0.29) is 5.91 Å². The number of benzene rings is 1. The summed E-state index contributed by atoms with van der Waals surface area (Å²) in [6, 6.07) is 9.58. The Labute approximate surface area is 127 Å². The van der Waals surface area contributed by atoms with E-state index >= 15 is 0 Å². The van der Waals surface area contributed by atoms with Gasteiger partial charge in [0.25, 0.3) is 5.91 Å². The number of nitrogens with two attached hydrogens (primary N) is 1. The lowest BCUT2D eigenvalue weighted by atomic mass is 10.2. The van der Waals surface area contributed by atoms with Crippen molar-refractivity contribution < 1.29 is 4.79 Å². The molecular weight excluding hydrogens is 318 g/mol. The van der Waals surface area contributed by atoms with Crippen molar-refractivity contribution in [1.29, 1.82) is 0 Å². The van der Waals surface area contributed by atoms with Gasteiger partial charge in [0.15, 0.2) is 0 Å². The van der Waals surface area contributed by atoms with Gasteiger partial charge < -0.3 is 15.6 Å². The Kier molecular flexibility index (Phi) is 4.84. The minimum absolute atomic E-state index is 0.0990. The summed E-state index contributed by atoms with van der Waals surface area (Å²) in [5, 5.41) is 2.92. The summed E-state index contributed by atoms with van der Waals surface area (Å²) in [7, 11) is 0. The van der Waals surface area contributed by atoms with Crippen molar-refractivity contribution in [3.63, 3.8) is 0 Å². The summed E-state index contributed by atoms with van der Waals surface area (Å²) in [5.41, 5.74) is 8.05. The molecule has 0 spiro atoms. The van der Waals surface area contributed by atoms with Crippen LogP contribution in [0.15, 0.2) is 41.0 Å². The summed E-state index contributed by atoms with van der Waals surface area (Å²) >= 11 is 3.39. The van der Waals surface area contributed by atoms with Gasteiger partial charge in [-0.15, -0.1) is 0 Å². The molecule has 2 rings (SSSR count). The summed E-state index contributed by atoms with van der Waals surface area (Å²) in [6.07, 6.45) is 2.76. The highest BCUT2D eigenvalue weighted by Crippen LogP contribution is 2.13. The second kappa shape index (κ2) is 6.61. The number of hydrogen-bond donors (Lipinski definition) is 2. The molecule has 20 heavy (non-hydrogen) atoms. The number of amides is 1. The molecule has 0 saturated carbocycles. The second-order valence-electron chi connectivity index (χ2n) is 4.66. The average molecular weight is 336 g/mol. The van der Waals surface area contributed by atoms with Gasteiger partial charge in [-0.2, -0.15) is 0 Å². The Morgan fingerprint density at radius 2 is 2.05 bits per heavy atom. The second-order valence-corrected chi connectivity index (χ2v) is 5.58. The Morgan fingerprint density at radius 1 is 1.35 bits per heavy atom. The fraction of sp³-hybridized carbons (Fsp3) is 0.267. The van der Waals surface area contributed by atoms with E-state index in [4.69, 9.17) is 5.73 Å². The Hall–Kier alpha value is -1.75. The number of hydrogen-bond acceptors (Lipinski definition) is 2. The van der Waals surface area contributed by atoms with Crippen molar-refractivity contribution >= 4 is 27.5 Å². The van der Waals surface area contributed by atoms with Crippen molar-refractivity contribution in [2.75, 3.05) is 5.73 Å². The minimum Gasteiger partial charge on any atom is -0.397 e. The van der Waals surface area contributed by atoms with Crippen molar-refractivity contribution in [2.24, 2.45) is 0 Å². The molecule has 1 heterocycles. The molecular formula is C15H18BrN3O. The molecule has 0 bridgehead atoms. The van der Waals surface area contributed by atoms with Crippen LogP contribution >= 0.6 is 15.9 Å². The molecule has 0 unspecified atom stereocenters. The zero-order valence-corrected chi connectivity index (χ0v) is 13.0. The molecule has 1 aromatic heterocycles. The topological polar surface area (TPSA) is 60.0 Å². The number of nitrogen functional groups attached to an aromatic ring is 1. The molecule has 0 aliphatic carbocycles. The van der Waals surface area contributed by atoms with Gasteiger partial charge in [0.05, 0.1) is 5.69 Å². The number of anilines is 1. The van der Waals surface area contributed by atoms with Crippen LogP contribution in [0.4, 0.5) is 5.69 Å². The van der Waals surface area contributed by atoms with Crippen LogP contribution in [-0.2, 0) is 13.1 Å². The number of carbonyl (C=O) groups is 1. The molecule has 2 aromatic rings. The van der Waals surface area contributed by atoms with Crippen molar-refractivity contribution in [1.82, 2.24) is 9.88 Å². The van der Waals surface area contributed by atoms with Gasteiger partial charge in [0.1, 0.15) is 5.69 Å². The predicted octanol–water partition coefficient (Wildman–Crippen LogP) is 3.17. The van der Waals surface area contributed by atoms with Crippen molar-refractivity contribution in [3.05, 3.63) is 52.3 Å². The van der Waals surface area contributed by atoms with Gasteiger partial charge in [-0.05, 0) is 30.2 Å². The third-order valence-electron chi connectivity index (χ3n) is 2.98. The van der Waals surface area contributed by atoms with Crippen LogP contribution in [-0.4, -0.2) is 10.5 Å². The van der Waals surface area contributed by atoms with Gasteiger partial charge in [0.2, 0.25) is 0 Å². The standard InChI is InChI=1S/C15H18BrN3O/c1-2-7-19-10-13(17)8-14(19)15(20)18-9-11-3-5-12(16)6-4-11/h3-6,8,10H,2,7,9,17H2,1H3,(H,18,20). The molecule has 1 aromatic carbocycles. The predicted molar refractivity (Wildman–Crippen MR) is 84.4 cm³/mol. The van der Waals surface area contributed by atoms with Crippen molar-refractivity contribution in [3.8, 4) is 0 Å². The van der Waals surface area contributed by atoms with Crippen LogP contribution in [0.25, 0.3) is 0 Å². The van der Waals surface area contributed by atoms with Gasteiger partial charge in [-0.25, -0.2) is 0 Å². The van der Waals surface area contributed by atoms with E-state index in [9.17, 15) is 4.79 Å². The lowest BCUT2D eigenvalue weighted by Gasteiger charge is -2.08. The fourth-order valence-corrected chi connectivity index (χ4v) is 2.29. The van der Waals surface area contributed by atoms with Gasteiger partial charge in [0, 0.05) is 23.8 Å². The zero-order chi connectivity index (χ0) is 14.5. The van der Waals surface area contributed by atoms with Crippen LogP contribution in [0, 0.1) is 0 Å². The molecule has 0 aliphatic rings. The number of halogens is 1. The maximum absolute atomic E-state index is 12.2. The number of nitrogens with one attached hydrogen (secondary N) is 1. The van der Waals surface area contributed by atoms with E-state index in [0.717, 1.165) is 23.0 Å². The highest BCUT2D eigenvalue weighted by atomic mass is 79.9. The maximum Gasteiger partial charge on any atom is 0.268 e. The molecule has 106 valence electrons. The zero-order valence-electron chi connectivity index (χ0n) is 11.4. The number of nitrogens with zero attached hydrogens (tertiary/aromatic N) is 1. The van der Waals surface area contributed by atoms with Crippen molar-refractivity contribution in [2.45, 2.75) is 26.4 Å². The van der Waals surface area contributed by atoms with Gasteiger partial charge in [-0.3, -0.25) is 4.79 Å². The van der Waals surface area contributed by atoms with E-state index in [1.807, 2.05) is 28.8 Å². The summed E-state index contributed by atoms with van der Waals surface area (Å²) in [4.78, 5) is 12.2.